The van der Waals surface area contributed by atoms with Gasteiger partial charge in [0.2, 0.25) is 5.16 Å². The van der Waals surface area contributed by atoms with Crippen molar-refractivity contribution in [2.45, 2.75) is 5.16 Å². The van der Waals surface area contributed by atoms with Crippen molar-refractivity contribution < 1.29 is 0 Å². The van der Waals surface area contributed by atoms with Crippen LogP contribution in [0.1, 0.15) is 0 Å². The van der Waals surface area contributed by atoms with Crippen molar-refractivity contribution in [1.29, 1.82) is 0 Å². The number of aryl methyl sites for hydroxylation is 1. The van der Waals surface area contributed by atoms with Crippen LogP contribution in [-0.4, -0.2) is 20.2 Å². The molecule has 8 heavy (non-hydrogen) atoms. The molecule has 1 rings (SSSR count). The standard InChI is InChI=1S/C2H3ClN4S/c1-7-5-2(8-3)4-6-7/h1H3. The molecule has 44 valence electrons. The summed E-state index contributed by atoms with van der Waals surface area (Å²) < 4.78 is 0. The molecule has 1 aromatic rings. The fourth-order valence-corrected chi connectivity index (χ4v) is 0.699. The highest BCUT2D eigenvalue weighted by Gasteiger charge is 1.95. The third-order valence-electron chi connectivity index (χ3n) is 0.559. The molecule has 0 fully saturated rings. The second kappa shape index (κ2) is 2.32. The van der Waals surface area contributed by atoms with Crippen molar-refractivity contribution in [3.8, 4) is 0 Å². The van der Waals surface area contributed by atoms with Gasteiger partial charge in [0.15, 0.2) is 0 Å². The molecule has 6 heteroatoms. The van der Waals surface area contributed by atoms with E-state index in [0.29, 0.717) is 5.16 Å². The maximum absolute atomic E-state index is 5.28. The molecule has 0 unspecified atom stereocenters. The molecule has 0 saturated heterocycles. The van der Waals surface area contributed by atoms with Crippen LogP contribution in [-0.2, 0) is 7.05 Å². The smallest absolute Gasteiger partial charge is 0.166 e. The minimum atomic E-state index is 0.481. The third kappa shape index (κ3) is 1.10. The molecule has 0 amide bonds. The first-order chi connectivity index (χ1) is 3.83. The Bertz CT molecular complexity index is 174. The minimum absolute atomic E-state index is 0.481. The molecule has 1 heterocycles. The monoisotopic (exact) mass is 150 g/mol. The van der Waals surface area contributed by atoms with Gasteiger partial charge in [-0.05, 0) is 15.9 Å². The topological polar surface area (TPSA) is 43.6 Å². The molecular formula is C2H3ClN4S. The summed E-state index contributed by atoms with van der Waals surface area (Å²) >= 11 is 0. The lowest BCUT2D eigenvalue weighted by molar-refractivity contribution is 0.626. The Morgan fingerprint density at radius 1 is 1.75 bits per heavy atom. The van der Waals surface area contributed by atoms with E-state index in [0.717, 1.165) is 11.0 Å². The van der Waals surface area contributed by atoms with Crippen molar-refractivity contribution in [3.63, 3.8) is 0 Å². The maximum Gasteiger partial charge on any atom is 0.246 e. The van der Waals surface area contributed by atoms with Gasteiger partial charge in [0.25, 0.3) is 0 Å². The largest absolute Gasteiger partial charge is 0.246 e. The van der Waals surface area contributed by atoms with Gasteiger partial charge >= 0.3 is 0 Å². The van der Waals surface area contributed by atoms with Gasteiger partial charge in [-0.2, -0.15) is 4.80 Å². The van der Waals surface area contributed by atoms with E-state index in [2.05, 4.69) is 15.4 Å². The summed E-state index contributed by atoms with van der Waals surface area (Å²) in [5.74, 6) is 0. The van der Waals surface area contributed by atoms with Crippen LogP contribution >= 0.6 is 21.7 Å². The summed E-state index contributed by atoms with van der Waals surface area (Å²) in [5.41, 5.74) is 0. The van der Waals surface area contributed by atoms with Crippen LogP contribution in [0.25, 0.3) is 0 Å². The van der Waals surface area contributed by atoms with Crippen molar-refractivity contribution >= 4 is 21.7 Å². The summed E-state index contributed by atoms with van der Waals surface area (Å²) in [6.45, 7) is 0. The van der Waals surface area contributed by atoms with Gasteiger partial charge < -0.3 is 0 Å². The summed E-state index contributed by atoms with van der Waals surface area (Å²) in [4.78, 5) is 1.35. The van der Waals surface area contributed by atoms with Gasteiger partial charge in [0.05, 0.1) is 7.05 Å². The highest BCUT2D eigenvalue weighted by atomic mass is 35.7. The van der Waals surface area contributed by atoms with Crippen LogP contribution in [0, 0.1) is 0 Å². The lowest BCUT2D eigenvalue weighted by Gasteiger charge is -1.75. The van der Waals surface area contributed by atoms with E-state index in [4.69, 9.17) is 10.7 Å². The number of halogens is 1. The number of hydrogen-bond donors (Lipinski definition) is 0. The minimum Gasteiger partial charge on any atom is -0.166 e. The van der Waals surface area contributed by atoms with E-state index in [1.165, 1.54) is 4.80 Å². The van der Waals surface area contributed by atoms with Gasteiger partial charge in [-0.3, -0.25) is 0 Å². The molecule has 1 aromatic heterocycles. The average Bonchev–Trinajstić information content (AvgIpc) is 2.14. The van der Waals surface area contributed by atoms with Gasteiger partial charge in [-0.25, -0.2) is 0 Å². The Morgan fingerprint density at radius 2 is 2.50 bits per heavy atom. The van der Waals surface area contributed by atoms with E-state index < -0.39 is 0 Å². The molecule has 4 nitrogen and oxygen atoms in total. The van der Waals surface area contributed by atoms with Crippen LogP contribution < -0.4 is 0 Å². The van der Waals surface area contributed by atoms with Gasteiger partial charge in [0, 0.05) is 11.0 Å². The predicted octanol–water partition coefficient (Wildman–Crippen LogP) is 0.456. The zero-order valence-electron chi connectivity index (χ0n) is 4.08. The highest BCUT2D eigenvalue weighted by molar-refractivity contribution is 8.21. The zero-order chi connectivity index (χ0) is 5.98. The quantitative estimate of drug-likeness (QED) is 0.583. The summed E-state index contributed by atoms with van der Waals surface area (Å²) in [7, 11) is 7.92. The van der Waals surface area contributed by atoms with E-state index in [1.54, 1.807) is 7.05 Å². The number of hydrogen-bond acceptors (Lipinski definition) is 4. The fraction of sp³-hybridized carbons (Fsp3) is 0.500. The number of aromatic nitrogens is 4. The first-order valence-electron chi connectivity index (χ1n) is 1.85. The van der Waals surface area contributed by atoms with E-state index in [-0.39, 0.29) is 0 Å². The molecule has 0 spiro atoms. The van der Waals surface area contributed by atoms with Crippen molar-refractivity contribution in [2.24, 2.45) is 7.05 Å². The molecular weight excluding hydrogens is 148 g/mol. The van der Waals surface area contributed by atoms with Crippen molar-refractivity contribution in [3.05, 3.63) is 0 Å². The summed E-state index contributed by atoms with van der Waals surface area (Å²) in [5, 5.41) is 11.3. The Kier molecular flexibility index (Phi) is 1.69. The lowest BCUT2D eigenvalue weighted by Crippen LogP contribution is -1.91. The number of rotatable bonds is 1. The van der Waals surface area contributed by atoms with Gasteiger partial charge in [0.1, 0.15) is 0 Å². The van der Waals surface area contributed by atoms with E-state index in [9.17, 15) is 0 Å². The molecule has 0 radical (unpaired) electrons. The van der Waals surface area contributed by atoms with Crippen LogP contribution in [0.15, 0.2) is 5.16 Å². The maximum atomic E-state index is 5.28. The van der Waals surface area contributed by atoms with E-state index in [1.807, 2.05) is 0 Å². The van der Waals surface area contributed by atoms with Crippen LogP contribution in [0.5, 0.6) is 0 Å². The molecule has 0 aliphatic rings. The van der Waals surface area contributed by atoms with Gasteiger partial charge in [-0.1, -0.05) is 0 Å². The molecule has 0 bridgehead atoms. The highest BCUT2D eigenvalue weighted by Crippen LogP contribution is 2.13. The van der Waals surface area contributed by atoms with Crippen LogP contribution in [0.4, 0.5) is 0 Å². The average molecular weight is 151 g/mol. The molecule has 0 N–H and O–H groups in total. The van der Waals surface area contributed by atoms with Crippen LogP contribution in [0.2, 0.25) is 0 Å². The first-order valence-corrected chi connectivity index (χ1v) is 3.50. The Balaban J connectivity index is 2.84. The normalized spacial score (nSPS) is 9.75. The summed E-state index contributed by atoms with van der Waals surface area (Å²) in [6.07, 6.45) is 0. The van der Waals surface area contributed by atoms with Gasteiger partial charge in [-0.15, -0.1) is 10.2 Å². The molecule has 0 aromatic carbocycles. The number of tetrazole rings is 1. The van der Waals surface area contributed by atoms with Crippen molar-refractivity contribution in [1.82, 2.24) is 20.2 Å². The Morgan fingerprint density at radius 3 is 2.75 bits per heavy atom. The second-order valence-electron chi connectivity index (χ2n) is 1.14. The molecule has 0 atom stereocenters. The van der Waals surface area contributed by atoms with Crippen molar-refractivity contribution in [2.75, 3.05) is 0 Å². The van der Waals surface area contributed by atoms with E-state index >= 15 is 0 Å². The number of nitrogens with zero attached hydrogens (tertiary/aromatic N) is 4. The molecule has 0 aliphatic carbocycles. The SMILES string of the molecule is Cn1nnc(SCl)n1. The Hall–Kier alpha value is -0.290. The summed E-state index contributed by atoms with van der Waals surface area (Å²) in [6, 6.07) is 0. The molecule has 0 saturated carbocycles. The zero-order valence-corrected chi connectivity index (χ0v) is 5.65. The Labute approximate surface area is 54.7 Å². The second-order valence-corrected chi connectivity index (χ2v) is 2.12. The third-order valence-corrected chi connectivity index (χ3v) is 1.27. The van der Waals surface area contributed by atoms with Crippen LogP contribution in [0.3, 0.4) is 0 Å². The predicted molar refractivity (Wildman–Crippen MR) is 30.5 cm³/mol. The molecule has 0 aliphatic heterocycles. The lowest BCUT2D eigenvalue weighted by atomic mass is 11.4. The first kappa shape index (κ1) is 5.84. The fourth-order valence-electron chi connectivity index (χ4n) is 0.298.